The van der Waals surface area contributed by atoms with Crippen LogP contribution in [0.1, 0.15) is 11.1 Å². The van der Waals surface area contributed by atoms with E-state index in [1.54, 1.807) is 0 Å². The minimum atomic E-state index is -0.657. The summed E-state index contributed by atoms with van der Waals surface area (Å²) in [6.45, 7) is 1.40. The Hall–Kier alpha value is -1.88. The topological polar surface area (TPSA) is 64.7 Å². The first-order valence-corrected chi connectivity index (χ1v) is 6.99. The third-order valence-electron chi connectivity index (χ3n) is 3.00. The summed E-state index contributed by atoms with van der Waals surface area (Å²) in [5, 5.41) is 9.84. The van der Waals surface area contributed by atoms with Gasteiger partial charge >= 0.3 is 0 Å². The van der Waals surface area contributed by atoms with Crippen LogP contribution >= 0.6 is 0 Å². The maximum Gasteiger partial charge on any atom is 0.119 e. The first-order chi connectivity index (χ1) is 10.3. The number of aliphatic hydroxyl groups excluding tert-OH is 1. The van der Waals surface area contributed by atoms with Gasteiger partial charge in [0.05, 0.1) is 13.2 Å². The fourth-order valence-electron chi connectivity index (χ4n) is 1.89. The predicted molar refractivity (Wildman–Crippen MR) is 81.9 cm³/mol. The van der Waals surface area contributed by atoms with Crippen LogP contribution in [-0.2, 0) is 17.9 Å². The highest BCUT2D eigenvalue weighted by atomic mass is 16.5. The molecule has 4 heteroatoms. The molecule has 2 aromatic rings. The molecule has 0 amide bonds. The highest BCUT2D eigenvalue weighted by Crippen LogP contribution is 2.13. The van der Waals surface area contributed by atoms with Gasteiger partial charge in [0.15, 0.2) is 0 Å². The molecule has 2 aromatic carbocycles. The molecule has 0 aromatic heterocycles. The Balaban J connectivity index is 1.68. The summed E-state index contributed by atoms with van der Waals surface area (Å²) in [4.78, 5) is 0. The summed E-state index contributed by atoms with van der Waals surface area (Å²) in [6, 6.07) is 17.4. The Morgan fingerprint density at radius 1 is 0.952 bits per heavy atom. The molecule has 0 fully saturated rings. The normalized spacial score (nSPS) is 12.1. The molecule has 2 rings (SSSR count). The van der Waals surface area contributed by atoms with Crippen LogP contribution in [0.25, 0.3) is 0 Å². The summed E-state index contributed by atoms with van der Waals surface area (Å²) in [5.41, 5.74) is 7.66. The van der Waals surface area contributed by atoms with E-state index in [4.69, 9.17) is 15.2 Å². The van der Waals surface area contributed by atoms with Crippen LogP contribution in [0, 0.1) is 0 Å². The van der Waals surface area contributed by atoms with Gasteiger partial charge in [-0.2, -0.15) is 0 Å². The third kappa shape index (κ3) is 5.55. The molecule has 0 heterocycles. The molecular formula is C17H21NO3. The van der Waals surface area contributed by atoms with Crippen molar-refractivity contribution in [1.29, 1.82) is 0 Å². The van der Waals surface area contributed by atoms with E-state index in [1.807, 2.05) is 54.6 Å². The average Bonchev–Trinajstić information content (AvgIpc) is 2.54. The fourth-order valence-corrected chi connectivity index (χ4v) is 1.89. The molecule has 21 heavy (non-hydrogen) atoms. The van der Waals surface area contributed by atoms with Gasteiger partial charge < -0.3 is 20.3 Å². The summed E-state index contributed by atoms with van der Waals surface area (Å²) < 4.78 is 11.0. The summed E-state index contributed by atoms with van der Waals surface area (Å²) in [6.07, 6.45) is -0.657. The molecule has 0 aliphatic heterocycles. The number of hydrogen-bond donors (Lipinski definition) is 2. The second kappa shape index (κ2) is 8.42. The van der Waals surface area contributed by atoms with E-state index in [9.17, 15) is 5.11 Å². The molecule has 1 unspecified atom stereocenters. The molecule has 1 atom stereocenters. The van der Waals surface area contributed by atoms with Gasteiger partial charge in [-0.3, -0.25) is 0 Å². The molecule has 0 saturated heterocycles. The smallest absolute Gasteiger partial charge is 0.119 e. The second-order valence-electron chi connectivity index (χ2n) is 4.82. The summed E-state index contributed by atoms with van der Waals surface area (Å²) >= 11 is 0. The minimum absolute atomic E-state index is 0.197. The van der Waals surface area contributed by atoms with E-state index in [2.05, 4.69) is 0 Å². The van der Waals surface area contributed by atoms with E-state index in [0.717, 1.165) is 11.1 Å². The summed E-state index contributed by atoms with van der Waals surface area (Å²) in [7, 11) is 0. The van der Waals surface area contributed by atoms with Crippen molar-refractivity contribution in [2.75, 3.05) is 13.2 Å². The zero-order valence-electron chi connectivity index (χ0n) is 11.9. The zero-order chi connectivity index (χ0) is 14.9. The van der Waals surface area contributed by atoms with Crippen molar-refractivity contribution in [3.63, 3.8) is 0 Å². The van der Waals surface area contributed by atoms with Gasteiger partial charge in [-0.1, -0.05) is 42.5 Å². The molecule has 0 aliphatic rings. The first-order valence-electron chi connectivity index (χ1n) is 6.99. The number of ether oxygens (including phenoxy) is 2. The number of nitrogens with two attached hydrogens (primary N) is 1. The van der Waals surface area contributed by atoms with Gasteiger partial charge in [0.1, 0.15) is 18.5 Å². The van der Waals surface area contributed by atoms with Crippen molar-refractivity contribution in [3.05, 3.63) is 65.7 Å². The van der Waals surface area contributed by atoms with Crippen molar-refractivity contribution in [2.45, 2.75) is 19.3 Å². The molecule has 112 valence electrons. The van der Waals surface area contributed by atoms with Crippen LogP contribution < -0.4 is 10.5 Å². The van der Waals surface area contributed by atoms with E-state index < -0.39 is 6.10 Å². The monoisotopic (exact) mass is 287 g/mol. The lowest BCUT2D eigenvalue weighted by atomic mass is 10.2. The van der Waals surface area contributed by atoms with Crippen molar-refractivity contribution in [1.82, 2.24) is 0 Å². The number of hydrogen-bond acceptors (Lipinski definition) is 4. The molecule has 3 N–H and O–H groups in total. The van der Waals surface area contributed by atoms with Gasteiger partial charge in [0.25, 0.3) is 0 Å². The standard InChI is InChI=1S/C17H21NO3/c18-10-15-7-4-8-17(9-15)21-13-16(19)12-20-11-14-5-2-1-3-6-14/h1-9,16,19H,10-13,18H2. The van der Waals surface area contributed by atoms with Crippen molar-refractivity contribution in [2.24, 2.45) is 5.73 Å². The highest BCUT2D eigenvalue weighted by Gasteiger charge is 2.06. The van der Waals surface area contributed by atoms with Crippen LogP contribution in [0.3, 0.4) is 0 Å². The van der Waals surface area contributed by atoms with Crippen molar-refractivity contribution in [3.8, 4) is 5.75 Å². The third-order valence-corrected chi connectivity index (χ3v) is 3.00. The van der Waals surface area contributed by atoms with Crippen LogP contribution in [0.5, 0.6) is 5.75 Å². The number of aliphatic hydroxyl groups is 1. The van der Waals surface area contributed by atoms with Crippen LogP contribution in [-0.4, -0.2) is 24.4 Å². The van der Waals surface area contributed by atoms with Gasteiger partial charge in [-0.15, -0.1) is 0 Å². The Morgan fingerprint density at radius 3 is 2.48 bits per heavy atom. The first kappa shape index (κ1) is 15.5. The molecule has 0 bridgehead atoms. The second-order valence-corrected chi connectivity index (χ2v) is 4.82. The lowest BCUT2D eigenvalue weighted by Crippen LogP contribution is -2.23. The van der Waals surface area contributed by atoms with Gasteiger partial charge in [-0.25, -0.2) is 0 Å². The molecule has 4 nitrogen and oxygen atoms in total. The van der Waals surface area contributed by atoms with Crippen LogP contribution in [0.2, 0.25) is 0 Å². The van der Waals surface area contributed by atoms with Gasteiger partial charge in [-0.05, 0) is 23.3 Å². The molecule has 0 radical (unpaired) electrons. The fraction of sp³-hybridized carbons (Fsp3) is 0.294. The summed E-state index contributed by atoms with van der Waals surface area (Å²) in [5.74, 6) is 0.708. The average molecular weight is 287 g/mol. The number of benzene rings is 2. The maximum absolute atomic E-state index is 9.84. The Kier molecular flexibility index (Phi) is 6.22. The molecule has 0 aliphatic carbocycles. The maximum atomic E-state index is 9.84. The number of rotatable bonds is 8. The lowest BCUT2D eigenvalue weighted by molar-refractivity contribution is 0.00548. The SMILES string of the molecule is NCc1cccc(OCC(O)COCc2ccccc2)c1. The van der Waals surface area contributed by atoms with Gasteiger partial charge in [0.2, 0.25) is 0 Å². The van der Waals surface area contributed by atoms with E-state index in [1.165, 1.54) is 0 Å². The van der Waals surface area contributed by atoms with E-state index >= 15 is 0 Å². The Bertz CT molecular complexity index is 531. The lowest BCUT2D eigenvalue weighted by Gasteiger charge is -2.13. The van der Waals surface area contributed by atoms with Crippen molar-refractivity contribution < 1.29 is 14.6 Å². The largest absolute Gasteiger partial charge is 0.491 e. The van der Waals surface area contributed by atoms with Crippen molar-refractivity contribution >= 4 is 0 Å². The minimum Gasteiger partial charge on any atom is -0.491 e. The zero-order valence-corrected chi connectivity index (χ0v) is 11.9. The van der Waals surface area contributed by atoms with Gasteiger partial charge in [0, 0.05) is 6.54 Å². The van der Waals surface area contributed by atoms with Crippen LogP contribution in [0.4, 0.5) is 0 Å². The predicted octanol–water partition coefficient (Wildman–Crippen LogP) is 2.10. The molecular weight excluding hydrogens is 266 g/mol. The van der Waals surface area contributed by atoms with E-state index in [-0.39, 0.29) is 13.2 Å². The van der Waals surface area contributed by atoms with Crippen LogP contribution in [0.15, 0.2) is 54.6 Å². The Morgan fingerprint density at radius 2 is 1.71 bits per heavy atom. The van der Waals surface area contributed by atoms with E-state index in [0.29, 0.717) is 18.9 Å². The Labute approximate surface area is 125 Å². The molecule has 0 spiro atoms. The quantitative estimate of drug-likeness (QED) is 0.780. The highest BCUT2D eigenvalue weighted by molar-refractivity contribution is 5.28. The molecule has 0 saturated carbocycles.